The number of carbonyl (C=O) groups is 1. The fourth-order valence-corrected chi connectivity index (χ4v) is 2.35. The van der Waals surface area contributed by atoms with Gasteiger partial charge >= 0.3 is 0 Å². The predicted molar refractivity (Wildman–Crippen MR) is 85.7 cm³/mol. The molecule has 2 aromatic rings. The van der Waals surface area contributed by atoms with Crippen molar-refractivity contribution in [2.75, 3.05) is 0 Å². The van der Waals surface area contributed by atoms with Gasteiger partial charge in [0.05, 0.1) is 0 Å². The number of hydrogen-bond donors (Lipinski definition) is 0. The van der Waals surface area contributed by atoms with E-state index in [0.29, 0.717) is 12.8 Å². The van der Waals surface area contributed by atoms with Crippen LogP contribution >= 0.6 is 38.5 Å². The minimum atomic E-state index is 0.249. The van der Waals surface area contributed by atoms with E-state index in [1.54, 1.807) is 0 Å². The lowest BCUT2D eigenvalue weighted by Crippen LogP contribution is -2.06. The maximum atomic E-state index is 11.9. The van der Waals surface area contributed by atoms with Crippen LogP contribution in [-0.4, -0.2) is 5.78 Å². The molecule has 0 amide bonds. The van der Waals surface area contributed by atoms with Crippen LogP contribution in [0, 0.1) is 3.57 Å². The van der Waals surface area contributed by atoms with E-state index in [9.17, 15) is 4.79 Å². The predicted octanol–water partition coefficient (Wildman–Crippen LogP) is 4.41. The number of benzene rings is 2. The molecular formula is C15H12BrIO. The topological polar surface area (TPSA) is 17.1 Å². The van der Waals surface area contributed by atoms with Crippen LogP contribution in [0.5, 0.6) is 0 Å². The third kappa shape index (κ3) is 4.21. The average Bonchev–Trinajstić information content (AvgIpc) is 2.35. The van der Waals surface area contributed by atoms with Crippen LogP contribution in [0.1, 0.15) is 11.1 Å². The van der Waals surface area contributed by atoms with Gasteiger partial charge in [0.15, 0.2) is 0 Å². The number of ketones is 1. The summed E-state index contributed by atoms with van der Waals surface area (Å²) in [5.74, 6) is 0.249. The van der Waals surface area contributed by atoms with Gasteiger partial charge in [0.1, 0.15) is 5.78 Å². The van der Waals surface area contributed by atoms with Gasteiger partial charge < -0.3 is 0 Å². The van der Waals surface area contributed by atoms with Crippen molar-refractivity contribution in [1.29, 1.82) is 0 Å². The Kier molecular flexibility index (Phi) is 4.95. The van der Waals surface area contributed by atoms with Crippen molar-refractivity contribution in [3.8, 4) is 0 Å². The lowest BCUT2D eigenvalue weighted by molar-refractivity contribution is -0.117. The molecule has 3 heteroatoms. The molecule has 0 saturated carbocycles. The summed E-state index contributed by atoms with van der Waals surface area (Å²) in [6, 6.07) is 16.0. The third-order valence-corrected chi connectivity index (χ3v) is 3.88. The second-order valence-corrected chi connectivity index (χ2v) is 6.31. The van der Waals surface area contributed by atoms with Crippen molar-refractivity contribution >= 4 is 44.3 Å². The quantitative estimate of drug-likeness (QED) is 0.677. The maximum absolute atomic E-state index is 11.9. The van der Waals surface area contributed by atoms with Crippen molar-refractivity contribution in [2.45, 2.75) is 12.8 Å². The van der Waals surface area contributed by atoms with Gasteiger partial charge in [0, 0.05) is 20.9 Å². The molecule has 2 aromatic carbocycles. The number of Topliss-reactive ketones (excluding diaryl/α,β-unsaturated/α-hetero) is 1. The van der Waals surface area contributed by atoms with E-state index in [-0.39, 0.29) is 5.78 Å². The molecule has 18 heavy (non-hydrogen) atoms. The van der Waals surface area contributed by atoms with Crippen molar-refractivity contribution in [3.63, 3.8) is 0 Å². The van der Waals surface area contributed by atoms with Crippen molar-refractivity contribution in [1.82, 2.24) is 0 Å². The summed E-state index contributed by atoms with van der Waals surface area (Å²) in [4.78, 5) is 11.9. The van der Waals surface area contributed by atoms with Crippen molar-refractivity contribution < 1.29 is 4.79 Å². The van der Waals surface area contributed by atoms with Gasteiger partial charge in [-0.2, -0.15) is 0 Å². The van der Waals surface area contributed by atoms with Gasteiger partial charge in [-0.3, -0.25) is 4.79 Å². The normalized spacial score (nSPS) is 10.3. The standard InChI is InChI=1S/C15H12BrIO/c16-13-5-1-11(2-6-13)9-15(18)10-12-3-7-14(17)8-4-12/h1-8H,9-10H2. The molecule has 0 bridgehead atoms. The van der Waals surface area contributed by atoms with Crippen LogP contribution in [0.25, 0.3) is 0 Å². The minimum absolute atomic E-state index is 0.249. The van der Waals surface area contributed by atoms with E-state index in [2.05, 4.69) is 38.5 Å². The Bertz CT molecular complexity index is 482. The Hall–Kier alpha value is -0.680. The summed E-state index contributed by atoms with van der Waals surface area (Å²) < 4.78 is 2.23. The summed E-state index contributed by atoms with van der Waals surface area (Å²) >= 11 is 5.65. The summed E-state index contributed by atoms with van der Waals surface area (Å²) in [5, 5.41) is 0. The first kappa shape index (κ1) is 13.7. The molecule has 0 atom stereocenters. The fraction of sp³-hybridized carbons (Fsp3) is 0.133. The zero-order chi connectivity index (χ0) is 13.0. The zero-order valence-corrected chi connectivity index (χ0v) is 13.4. The Labute approximate surface area is 129 Å². The van der Waals surface area contributed by atoms with E-state index >= 15 is 0 Å². The minimum Gasteiger partial charge on any atom is -0.299 e. The van der Waals surface area contributed by atoms with Crippen LogP contribution < -0.4 is 0 Å². The number of rotatable bonds is 4. The Morgan fingerprint density at radius 2 is 1.33 bits per heavy atom. The molecule has 0 aliphatic heterocycles. The molecule has 0 spiro atoms. The second-order valence-electron chi connectivity index (χ2n) is 4.15. The van der Waals surface area contributed by atoms with Gasteiger partial charge in [-0.15, -0.1) is 0 Å². The molecule has 92 valence electrons. The van der Waals surface area contributed by atoms with E-state index < -0.39 is 0 Å². The van der Waals surface area contributed by atoms with Crippen molar-refractivity contribution in [3.05, 3.63) is 67.7 Å². The lowest BCUT2D eigenvalue weighted by Gasteiger charge is -2.02. The van der Waals surface area contributed by atoms with Gasteiger partial charge in [-0.1, -0.05) is 40.2 Å². The number of halogens is 2. The summed E-state index contributed by atoms with van der Waals surface area (Å²) in [7, 11) is 0. The molecule has 0 heterocycles. The Morgan fingerprint density at radius 1 is 0.889 bits per heavy atom. The first-order valence-electron chi connectivity index (χ1n) is 5.64. The monoisotopic (exact) mass is 414 g/mol. The summed E-state index contributed by atoms with van der Waals surface area (Å²) in [6.07, 6.45) is 1.01. The maximum Gasteiger partial charge on any atom is 0.141 e. The first-order valence-corrected chi connectivity index (χ1v) is 7.51. The highest BCUT2D eigenvalue weighted by Gasteiger charge is 2.05. The molecule has 0 aromatic heterocycles. The van der Waals surface area contributed by atoms with E-state index in [4.69, 9.17) is 0 Å². The Morgan fingerprint density at radius 3 is 1.83 bits per heavy atom. The molecule has 0 radical (unpaired) electrons. The average molecular weight is 415 g/mol. The van der Waals surface area contributed by atoms with Gasteiger partial charge in [0.2, 0.25) is 0 Å². The van der Waals surface area contributed by atoms with Crippen LogP contribution in [0.15, 0.2) is 53.0 Å². The molecule has 1 nitrogen and oxygen atoms in total. The smallest absolute Gasteiger partial charge is 0.141 e. The molecule has 2 rings (SSSR count). The van der Waals surface area contributed by atoms with Crippen LogP contribution in [0.4, 0.5) is 0 Å². The fourth-order valence-electron chi connectivity index (χ4n) is 1.72. The Balaban J connectivity index is 1.96. The van der Waals surface area contributed by atoms with Crippen LogP contribution in [0.3, 0.4) is 0 Å². The molecule has 0 N–H and O–H groups in total. The molecule has 0 aliphatic rings. The SMILES string of the molecule is O=C(Cc1ccc(Br)cc1)Cc1ccc(I)cc1. The van der Waals surface area contributed by atoms with Gasteiger partial charge in [-0.05, 0) is 58.0 Å². The number of carbonyl (C=O) groups excluding carboxylic acids is 1. The summed E-state index contributed by atoms with van der Waals surface area (Å²) in [5.41, 5.74) is 2.14. The van der Waals surface area contributed by atoms with Gasteiger partial charge in [-0.25, -0.2) is 0 Å². The molecule has 0 fully saturated rings. The zero-order valence-electron chi connectivity index (χ0n) is 9.70. The molecule has 0 aliphatic carbocycles. The van der Waals surface area contributed by atoms with Crippen molar-refractivity contribution in [2.24, 2.45) is 0 Å². The molecule has 0 unspecified atom stereocenters. The van der Waals surface area contributed by atoms with Crippen LogP contribution in [-0.2, 0) is 17.6 Å². The highest BCUT2D eigenvalue weighted by Crippen LogP contribution is 2.12. The molecule has 0 saturated heterocycles. The van der Waals surface area contributed by atoms with E-state index in [1.807, 2.05) is 48.5 Å². The molecular weight excluding hydrogens is 403 g/mol. The number of hydrogen-bond acceptors (Lipinski definition) is 1. The largest absolute Gasteiger partial charge is 0.299 e. The van der Waals surface area contributed by atoms with Gasteiger partial charge in [0.25, 0.3) is 0 Å². The van der Waals surface area contributed by atoms with E-state index in [1.165, 1.54) is 3.57 Å². The first-order chi connectivity index (χ1) is 8.63. The van der Waals surface area contributed by atoms with E-state index in [0.717, 1.165) is 15.6 Å². The van der Waals surface area contributed by atoms with Crippen LogP contribution in [0.2, 0.25) is 0 Å². The third-order valence-electron chi connectivity index (χ3n) is 2.63. The lowest BCUT2D eigenvalue weighted by atomic mass is 10.0. The highest BCUT2D eigenvalue weighted by molar-refractivity contribution is 14.1. The highest BCUT2D eigenvalue weighted by atomic mass is 127. The second kappa shape index (κ2) is 6.48. The summed E-state index contributed by atoms with van der Waals surface area (Å²) in [6.45, 7) is 0.